The predicted octanol–water partition coefficient (Wildman–Crippen LogP) is -0.239. The van der Waals surface area contributed by atoms with E-state index in [9.17, 15) is 14.4 Å². The number of nitrogens with zero attached hydrogens (tertiary/aromatic N) is 2. The van der Waals surface area contributed by atoms with Crippen LogP contribution in [0.5, 0.6) is 0 Å². The molecule has 0 aliphatic heterocycles. The van der Waals surface area contributed by atoms with Crippen molar-refractivity contribution in [1.29, 1.82) is 0 Å². The Bertz CT molecular complexity index is 618. The molecule has 7 heteroatoms. The Morgan fingerprint density at radius 3 is 2.48 bits per heavy atom. The van der Waals surface area contributed by atoms with E-state index in [0.29, 0.717) is 18.8 Å². The molecule has 0 aliphatic carbocycles. The summed E-state index contributed by atoms with van der Waals surface area (Å²) in [6, 6.07) is 1.28. The van der Waals surface area contributed by atoms with Gasteiger partial charge in [0.2, 0.25) is 0 Å². The Kier molecular flexibility index (Phi) is 5.90. The molecule has 1 aromatic heterocycles. The summed E-state index contributed by atoms with van der Waals surface area (Å²) >= 11 is 0. The van der Waals surface area contributed by atoms with Gasteiger partial charge in [-0.3, -0.25) is 18.7 Å². The molecule has 0 unspecified atom stereocenters. The molecule has 0 fully saturated rings. The van der Waals surface area contributed by atoms with Crippen LogP contribution in [-0.2, 0) is 30.2 Å². The first kappa shape index (κ1) is 17.2. The van der Waals surface area contributed by atoms with Crippen LogP contribution in [-0.4, -0.2) is 27.8 Å². The Morgan fingerprint density at radius 2 is 1.90 bits per heavy atom. The summed E-state index contributed by atoms with van der Waals surface area (Å²) in [6.07, 6.45) is 0. The van der Waals surface area contributed by atoms with Gasteiger partial charge in [-0.2, -0.15) is 0 Å². The Morgan fingerprint density at radius 1 is 1.29 bits per heavy atom. The minimum atomic E-state index is -0.370. The van der Waals surface area contributed by atoms with Crippen molar-refractivity contribution in [3.8, 4) is 0 Å². The van der Waals surface area contributed by atoms with Crippen molar-refractivity contribution < 1.29 is 9.53 Å². The Balaban J connectivity index is 2.78. The number of hydrogen-bond acceptors (Lipinski definition) is 5. The van der Waals surface area contributed by atoms with Gasteiger partial charge in [0.05, 0.1) is 12.5 Å². The highest BCUT2D eigenvalue weighted by Gasteiger charge is 2.21. The second kappa shape index (κ2) is 7.21. The van der Waals surface area contributed by atoms with Crippen molar-refractivity contribution in [3.63, 3.8) is 0 Å². The van der Waals surface area contributed by atoms with Crippen molar-refractivity contribution in [3.05, 3.63) is 32.6 Å². The predicted molar refractivity (Wildman–Crippen MR) is 79.0 cm³/mol. The van der Waals surface area contributed by atoms with E-state index in [0.717, 1.165) is 4.57 Å². The first-order valence-electron chi connectivity index (χ1n) is 6.95. The van der Waals surface area contributed by atoms with Crippen molar-refractivity contribution in [2.45, 2.75) is 33.4 Å². The van der Waals surface area contributed by atoms with E-state index in [1.165, 1.54) is 17.7 Å². The summed E-state index contributed by atoms with van der Waals surface area (Å²) < 4.78 is 7.43. The average molecular weight is 297 g/mol. The van der Waals surface area contributed by atoms with Gasteiger partial charge in [-0.25, -0.2) is 4.79 Å². The summed E-state index contributed by atoms with van der Waals surface area (Å²) in [4.78, 5) is 35.1. The Hall–Kier alpha value is -1.89. The SMILES string of the molecule is CCOC(=O)[C@H](C)[C@H](C)NCc1cc(=O)n(C)c(=O)n1C. The fraction of sp³-hybridized carbons (Fsp3) is 0.643. The van der Waals surface area contributed by atoms with Gasteiger partial charge >= 0.3 is 11.7 Å². The maximum absolute atomic E-state index is 11.8. The van der Waals surface area contributed by atoms with Crippen LogP contribution < -0.4 is 16.6 Å². The van der Waals surface area contributed by atoms with E-state index in [1.54, 1.807) is 20.9 Å². The van der Waals surface area contributed by atoms with Gasteiger partial charge in [0.1, 0.15) is 0 Å². The highest BCUT2D eigenvalue weighted by Crippen LogP contribution is 2.06. The van der Waals surface area contributed by atoms with Gasteiger partial charge in [-0.1, -0.05) is 6.92 Å². The van der Waals surface area contributed by atoms with Gasteiger partial charge in [0, 0.05) is 38.4 Å². The minimum Gasteiger partial charge on any atom is -0.466 e. The maximum atomic E-state index is 11.8. The van der Waals surface area contributed by atoms with Gasteiger partial charge < -0.3 is 10.1 Å². The normalized spacial score (nSPS) is 13.8. The van der Waals surface area contributed by atoms with Crippen LogP contribution in [0.2, 0.25) is 0 Å². The number of aromatic nitrogens is 2. The Labute approximate surface area is 123 Å². The van der Waals surface area contributed by atoms with Gasteiger partial charge in [0.25, 0.3) is 5.56 Å². The van der Waals surface area contributed by atoms with Gasteiger partial charge in [-0.05, 0) is 13.8 Å². The van der Waals surface area contributed by atoms with E-state index in [4.69, 9.17) is 4.74 Å². The molecule has 1 rings (SSSR count). The van der Waals surface area contributed by atoms with Crippen molar-refractivity contribution in [2.24, 2.45) is 20.0 Å². The molecular weight excluding hydrogens is 274 g/mol. The number of ether oxygens (including phenoxy) is 1. The molecule has 0 radical (unpaired) electrons. The fourth-order valence-corrected chi connectivity index (χ4v) is 1.87. The van der Waals surface area contributed by atoms with Crippen LogP contribution >= 0.6 is 0 Å². The summed E-state index contributed by atoms with van der Waals surface area (Å²) in [6.45, 7) is 6.07. The monoisotopic (exact) mass is 297 g/mol. The molecule has 1 N–H and O–H groups in total. The summed E-state index contributed by atoms with van der Waals surface area (Å²) in [7, 11) is 3.05. The van der Waals surface area contributed by atoms with Crippen molar-refractivity contribution in [1.82, 2.24) is 14.5 Å². The van der Waals surface area contributed by atoms with Crippen LogP contribution in [0.15, 0.2) is 15.7 Å². The zero-order valence-corrected chi connectivity index (χ0v) is 13.2. The van der Waals surface area contributed by atoms with Gasteiger partial charge in [-0.15, -0.1) is 0 Å². The number of hydrogen-bond donors (Lipinski definition) is 1. The number of nitrogens with one attached hydrogen (secondary N) is 1. The molecule has 0 aliphatic rings. The molecule has 0 saturated carbocycles. The van der Waals surface area contributed by atoms with Crippen LogP contribution in [0, 0.1) is 5.92 Å². The molecule has 0 amide bonds. The van der Waals surface area contributed by atoms with Gasteiger partial charge in [0.15, 0.2) is 0 Å². The molecule has 2 atom stereocenters. The lowest BCUT2D eigenvalue weighted by molar-refractivity contribution is -0.148. The summed E-state index contributed by atoms with van der Waals surface area (Å²) in [5, 5.41) is 3.14. The second-order valence-electron chi connectivity index (χ2n) is 5.08. The number of esters is 1. The van der Waals surface area contributed by atoms with E-state index in [1.807, 2.05) is 6.92 Å². The smallest absolute Gasteiger partial charge is 0.330 e. The molecule has 0 saturated heterocycles. The van der Waals surface area contributed by atoms with E-state index >= 15 is 0 Å². The molecule has 118 valence electrons. The lowest BCUT2D eigenvalue weighted by atomic mass is 10.0. The zero-order valence-electron chi connectivity index (χ0n) is 13.2. The molecule has 0 aromatic carbocycles. The maximum Gasteiger partial charge on any atom is 0.330 e. The van der Waals surface area contributed by atoms with Crippen LogP contribution in [0.4, 0.5) is 0 Å². The van der Waals surface area contributed by atoms with E-state index in [2.05, 4.69) is 5.32 Å². The average Bonchev–Trinajstić information content (AvgIpc) is 2.46. The fourth-order valence-electron chi connectivity index (χ4n) is 1.87. The van der Waals surface area contributed by atoms with Crippen molar-refractivity contribution >= 4 is 5.97 Å². The zero-order chi connectivity index (χ0) is 16.2. The molecular formula is C14H23N3O4. The third-order valence-electron chi connectivity index (χ3n) is 3.64. The van der Waals surface area contributed by atoms with Crippen molar-refractivity contribution in [2.75, 3.05) is 6.61 Å². The minimum absolute atomic E-state index is 0.136. The number of carbonyl (C=O) groups excluding carboxylic acids is 1. The number of carbonyl (C=O) groups is 1. The van der Waals surface area contributed by atoms with Crippen LogP contribution in [0.1, 0.15) is 26.5 Å². The first-order valence-corrected chi connectivity index (χ1v) is 6.95. The largest absolute Gasteiger partial charge is 0.466 e. The van der Waals surface area contributed by atoms with Crippen LogP contribution in [0.3, 0.4) is 0 Å². The topological polar surface area (TPSA) is 82.3 Å². The summed E-state index contributed by atoms with van der Waals surface area (Å²) in [5.41, 5.74) is -0.141. The highest BCUT2D eigenvalue weighted by atomic mass is 16.5. The molecule has 1 aromatic rings. The van der Waals surface area contributed by atoms with E-state index < -0.39 is 0 Å². The number of rotatable bonds is 6. The third-order valence-corrected chi connectivity index (χ3v) is 3.64. The molecule has 0 bridgehead atoms. The highest BCUT2D eigenvalue weighted by molar-refractivity contribution is 5.72. The lowest BCUT2D eigenvalue weighted by Gasteiger charge is -2.20. The van der Waals surface area contributed by atoms with E-state index in [-0.39, 0.29) is 29.2 Å². The molecule has 1 heterocycles. The standard InChI is InChI=1S/C14H23N3O4/c1-6-21-13(19)9(2)10(3)15-8-11-7-12(18)17(5)14(20)16(11)4/h7,9-10,15H,6,8H2,1-5H3/t9-,10+/m1/s1. The first-order chi connectivity index (χ1) is 9.79. The molecule has 0 spiro atoms. The van der Waals surface area contributed by atoms with Crippen LogP contribution in [0.25, 0.3) is 0 Å². The molecule has 21 heavy (non-hydrogen) atoms. The lowest BCUT2D eigenvalue weighted by Crippen LogP contribution is -2.41. The second-order valence-corrected chi connectivity index (χ2v) is 5.08. The summed E-state index contributed by atoms with van der Waals surface area (Å²) in [5.74, 6) is -0.580. The third kappa shape index (κ3) is 4.04. The molecule has 7 nitrogen and oxygen atoms in total. The quantitative estimate of drug-likeness (QED) is 0.733.